The van der Waals surface area contributed by atoms with Crippen LogP contribution in [0.2, 0.25) is 0 Å². The lowest BCUT2D eigenvalue weighted by molar-refractivity contribution is -0.160. The third kappa shape index (κ3) is 2.36. The van der Waals surface area contributed by atoms with Crippen LogP contribution in [0.3, 0.4) is 0 Å². The van der Waals surface area contributed by atoms with Gasteiger partial charge in [-0.25, -0.2) is 0 Å². The van der Waals surface area contributed by atoms with Crippen molar-refractivity contribution in [1.82, 2.24) is 10.2 Å². The Bertz CT molecular complexity index is 399. The monoisotopic (exact) mass is 278 g/mol. The largest absolute Gasteiger partial charge is 0.342 e. The summed E-state index contributed by atoms with van der Waals surface area (Å²) in [6, 6.07) is -0.375. The summed E-state index contributed by atoms with van der Waals surface area (Å²) in [6.45, 7) is 8.30. The Morgan fingerprint density at radius 2 is 2.05 bits per heavy atom. The summed E-state index contributed by atoms with van der Waals surface area (Å²) in [6.07, 6.45) is 7.37. The molecule has 20 heavy (non-hydrogen) atoms. The standard InChI is InChI=1S/C16H26N2O2/c1-4-11-18-14(19)13(12(3)5-2)17-15(20)16(18)9-7-6-8-10-16/h4,12-13H,1,5-11H2,2-3H3,(H,17,20). The maximum atomic E-state index is 12.8. The van der Waals surface area contributed by atoms with Crippen molar-refractivity contribution in [3.05, 3.63) is 12.7 Å². The molecule has 1 spiro atoms. The SMILES string of the molecule is C=CCN1C(=O)C(C(C)CC)NC(=O)C12CCCCC2. The Labute approximate surface area is 121 Å². The molecule has 2 unspecified atom stereocenters. The first-order chi connectivity index (χ1) is 9.56. The van der Waals surface area contributed by atoms with Gasteiger partial charge in [0.05, 0.1) is 0 Å². The van der Waals surface area contributed by atoms with E-state index in [0.717, 1.165) is 38.5 Å². The van der Waals surface area contributed by atoms with E-state index in [2.05, 4.69) is 11.9 Å². The molecule has 0 bridgehead atoms. The van der Waals surface area contributed by atoms with Gasteiger partial charge in [-0.1, -0.05) is 45.6 Å². The van der Waals surface area contributed by atoms with E-state index in [4.69, 9.17) is 0 Å². The van der Waals surface area contributed by atoms with E-state index in [1.807, 2.05) is 13.8 Å². The first kappa shape index (κ1) is 15.1. The van der Waals surface area contributed by atoms with E-state index >= 15 is 0 Å². The highest BCUT2D eigenvalue weighted by Crippen LogP contribution is 2.37. The predicted molar refractivity (Wildman–Crippen MR) is 79.1 cm³/mol. The molecular weight excluding hydrogens is 252 g/mol. The molecule has 0 aromatic heterocycles. The zero-order valence-corrected chi connectivity index (χ0v) is 12.7. The molecule has 1 saturated heterocycles. The number of hydrogen-bond acceptors (Lipinski definition) is 2. The first-order valence-electron chi connectivity index (χ1n) is 7.80. The number of carbonyl (C=O) groups is 2. The number of piperazine rings is 1. The molecule has 0 radical (unpaired) electrons. The van der Waals surface area contributed by atoms with Crippen molar-refractivity contribution >= 4 is 11.8 Å². The van der Waals surface area contributed by atoms with Crippen molar-refractivity contribution in [3.63, 3.8) is 0 Å². The van der Waals surface area contributed by atoms with Crippen LogP contribution < -0.4 is 5.32 Å². The van der Waals surface area contributed by atoms with Crippen LogP contribution in [0.25, 0.3) is 0 Å². The fraction of sp³-hybridized carbons (Fsp3) is 0.750. The van der Waals surface area contributed by atoms with E-state index in [1.165, 1.54) is 0 Å². The highest BCUT2D eigenvalue weighted by Gasteiger charge is 2.52. The Kier molecular flexibility index (Phi) is 4.51. The van der Waals surface area contributed by atoms with Crippen molar-refractivity contribution in [2.75, 3.05) is 6.54 Å². The Morgan fingerprint density at radius 1 is 1.40 bits per heavy atom. The second-order valence-electron chi connectivity index (χ2n) is 6.17. The lowest BCUT2D eigenvalue weighted by Crippen LogP contribution is -2.72. The van der Waals surface area contributed by atoms with E-state index in [0.29, 0.717) is 6.54 Å². The van der Waals surface area contributed by atoms with Gasteiger partial charge in [0, 0.05) is 6.54 Å². The minimum atomic E-state index is -0.618. The average molecular weight is 278 g/mol. The second kappa shape index (κ2) is 5.98. The maximum absolute atomic E-state index is 12.8. The van der Waals surface area contributed by atoms with Crippen LogP contribution >= 0.6 is 0 Å². The molecule has 1 saturated carbocycles. The molecule has 0 aromatic rings. The Morgan fingerprint density at radius 3 is 2.60 bits per heavy atom. The van der Waals surface area contributed by atoms with Crippen molar-refractivity contribution in [3.8, 4) is 0 Å². The van der Waals surface area contributed by atoms with Gasteiger partial charge in [0.1, 0.15) is 11.6 Å². The van der Waals surface area contributed by atoms with Crippen molar-refractivity contribution in [2.24, 2.45) is 5.92 Å². The molecule has 2 aliphatic rings. The minimum absolute atomic E-state index is 0.0453. The van der Waals surface area contributed by atoms with Crippen molar-refractivity contribution < 1.29 is 9.59 Å². The van der Waals surface area contributed by atoms with E-state index < -0.39 is 5.54 Å². The van der Waals surface area contributed by atoms with Gasteiger partial charge in [-0.3, -0.25) is 9.59 Å². The molecule has 2 atom stereocenters. The fourth-order valence-electron chi connectivity index (χ4n) is 3.49. The predicted octanol–water partition coefficient (Wildman–Crippen LogP) is 2.25. The van der Waals surface area contributed by atoms with Crippen LogP contribution in [-0.2, 0) is 9.59 Å². The second-order valence-corrected chi connectivity index (χ2v) is 6.17. The van der Waals surface area contributed by atoms with Gasteiger partial charge >= 0.3 is 0 Å². The summed E-state index contributed by atoms with van der Waals surface area (Å²) in [5.74, 6) is 0.282. The highest BCUT2D eigenvalue weighted by molar-refractivity contribution is 6.00. The third-order valence-corrected chi connectivity index (χ3v) is 4.96. The number of hydrogen-bond donors (Lipinski definition) is 1. The number of rotatable bonds is 4. The van der Waals surface area contributed by atoms with E-state index in [1.54, 1.807) is 11.0 Å². The number of nitrogens with zero attached hydrogens (tertiary/aromatic N) is 1. The third-order valence-electron chi connectivity index (χ3n) is 4.96. The van der Waals surface area contributed by atoms with Crippen molar-refractivity contribution in [2.45, 2.75) is 64.0 Å². The molecule has 0 aromatic carbocycles. The Balaban J connectivity index is 2.32. The van der Waals surface area contributed by atoms with E-state index in [-0.39, 0.29) is 23.8 Å². The van der Waals surface area contributed by atoms with Gasteiger partial charge < -0.3 is 10.2 Å². The fourth-order valence-corrected chi connectivity index (χ4v) is 3.49. The van der Waals surface area contributed by atoms with Gasteiger partial charge in [0.25, 0.3) is 0 Å². The molecular formula is C16H26N2O2. The number of nitrogens with one attached hydrogen (secondary N) is 1. The molecule has 1 heterocycles. The minimum Gasteiger partial charge on any atom is -0.342 e. The summed E-state index contributed by atoms with van der Waals surface area (Å²) in [5, 5.41) is 3.00. The number of amides is 2. The van der Waals surface area contributed by atoms with Crippen LogP contribution in [-0.4, -0.2) is 34.8 Å². The summed E-state index contributed by atoms with van der Waals surface area (Å²) >= 11 is 0. The van der Waals surface area contributed by atoms with Crippen LogP contribution in [0.15, 0.2) is 12.7 Å². The lowest BCUT2D eigenvalue weighted by atomic mass is 9.76. The molecule has 1 N–H and O–H groups in total. The highest BCUT2D eigenvalue weighted by atomic mass is 16.2. The van der Waals surface area contributed by atoms with Crippen LogP contribution in [0.4, 0.5) is 0 Å². The maximum Gasteiger partial charge on any atom is 0.246 e. The quantitative estimate of drug-likeness (QED) is 0.802. The molecule has 2 amide bonds. The summed E-state index contributed by atoms with van der Waals surface area (Å²) in [5.41, 5.74) is -0.618. The smallest absolute Gasteiger partial charge is 0.246 e. The molecule has 2 fully saturated rings. The molecule has 4 heteroatoms. The lowest BCUT2D eigenvalue weighted by Gasteiger charge is -2.50. The summed E-state index contributed by atoms with van der Waals surface area (Å²) < 4.78 is 0. The molecule has 112 valence electrons. The summed E-state index contributed by atoms with van der Waals surface area (Å²) in [7, 11) is 0. The first-order valence-corrected chi connectivity index (χ1v) is 7.80. The topological polar surface area (TPSA) is 49.4 Å². The normalized spacial score (nSPS) is 27.3. The van der Waals surface area contributed by atoms with Gasteiger partial charge in [-0.2, -0.15) is 0 Å². The van der Waals surface area contributed by atoms with E-state index in [9.17, 15) is 9.59 Å². The zero-order chi connectivity index (χ0) is 14.8. The Hall–Kier alpha value is -1.32. The summed E-state index contributed by atoms with van der Waals surface area (Å²) in [4.78, 5) is 27.3. The molecule has 1 aliphatic heterocycles. The molecule has 2 rings (SSSR count). The van der Waals surface area contributed by atoms with Gasteiger partial charge in [-0.05, 0) is 18.8 Å². The molecule has 1 aliphatic carbocycles. The van der Waals surface area contributed by atoms with Crippen LogP contribution in [0.5, 0.6) is 0 Å². The van der Waals surface area contributed by atoms with Gasteiger partial charge in [0.2, 0.25) is 11.8 Å². The molecule has 4 nitrogen and oxygen atoms in total. The van der Waals surface area contributed by atoms with Gasteiger partial charge in [0.15, 0.2) is 0 Å². The average Bonchev–Trinajstić information content (AvgIpc) is 2.48. The van der Waals surface area contributed by atoms with Crippen LogP contribution in [0.1, 0.15) is 52.4 Å². The van der Waals surface area contributed by atoms with Crippen molar-refractivity contribution in [1.29, 1.82) is 0 Å². The zero-order valence-electron chi connectivity index (χ0n) is 12.7. The van der Waals surface area contributed by atoms with Crippen LogP contribution in [0, 0.1) is 5.92 Å². The number of carbonyl (C=O) groups excluding carboxylic acids is 2. The van der Waals surface area contributed by atoms with Gasteiger partial charge in [-0.15, -0.1) is 6.58 Å².